The van der Waals surface area contributed by atoms with Gasteiger partial charge in [-0.2, -0.15) is 0 Å². The van der Waals surface area contributed by atoms with E-state index in [9.17, 15) is 13.2 Å². The SMILES string of the molecule is CCOc1ccc(NS(=O)(=O)c2ccc(NC(=O)N(CC)CC)cc2)cc1. The Bertz CT molecular complexity index is 846. The zero-order valence-corrected chi connectivity index (χ0v) is 16.5. The van der Waals surface area contributed by atoms with Crippen molar-refractivity contribution in [1.29, 1.82) is 0 Å². The Hall–Kier alpha value is -2.74. The highest BCUT2D eigenvalue weighted by Gasteiger charge is 2.15. The van der Waals surface area contributed by atoms with Crippen molar-refractivity contribution in [3.63, 3.8) is 0 Å². The summed E-state index contributed by atoms with van der Waals surface area (Å²) >= 11 is 0. The van der Waals surface area contributed by atoms with Crippen molar-refractivity contribution in [3.05, 3.63) is 48.5 Å². The number of anilines is 2. The van der Waals surface area contributed by atoms with Crippen LogP contribution in [0.5, 0.6) is 5.75 Å². The quantitative estimate of drug-likeness (QED) is 0.717. The molecule has 2 aromatic carbocycles. The minimum Gasteiger partial charge on any atom is -0.494 e. The Morgan fingerprint density at radius 3 is 2.00 bits per heavy atom. The van der Waals surface area contributed by atoms with Crippen molar-refractivity contribution in [2.45, 2.75) is 25.7 Å². The lowest BCUT2D eigenvalue weighted by Crippen LogP contribution is -2.34. The maximum atomic E-state index is 12.5. The summed E-state index contributed by atoms with van der Waals surface area (Å²) in [5.41, 5.74) is 0.976. The Balaban J connectivity index is 2.07. The zero-order valence-electron chi connectivity index (χ0n) is 15.7. The van der Waals surface area contributed by atoms with Gasteiger partial charge < -0.3 is 15.0 Å². The van der Waals surface area contributed by atoms with Gasteiger partial charge in [0.2, 0.25) is 0 Å². The topological polar surface area (TPSA) is 87.7 Å². The Morgan fingerprint density at radius 2 is 1.48 bits per heavy atom. The van der Waals surface area contributed by atoms with Crippen LogP contribution >= 0.6 is 0 Å². The van der Waals surface area contributed by atoms with E-state index in [2.05, 4.69) is 10.0 Å². The molecule has 2 N–H and O–H groups in total. The third-order valence-corrected chi connectivity index (χ3v) is 5.28. The first-order valence-electron chi connectivity index (χ1n) is 8.81. The monoisotopic (exact) mass is 391 g/mol. The summed E-state index contributed by atoms with van der Waals surface area (Å²) in [5.74, 6) is 0.675. The first-order chi connectivity index (χ1) is 12.9. The van der Waals surface area contributed by atoms with Gasteiger partial charge in [0.25, 0.3) is 10.0 Å². The van der Waals surface area contributed by atoms with Gasteiger partial charge in [0.1, 0.15) is 5.75 Å². The highest BCUT2D eigenvalue weighted by atomic mass is 32.2. The summed E-state index contributed by atoms with van der Waals surface area (Å²) in [4.78, 5) is 13.8. The molecule has 146 valence electrons. The summed E-state index contributed by atoms with van der Waals surface area (Å²) in [7, 11) is -3.72. The number of sulfonamides is 1. The summed E-state index contributed by atoms with van der Waals surface area (Å²) in [5, 5.41) is 2.75. The number of nitrogens with one attached hydrogen (secondary N) is 2. The van der Waals surface area contributed by atoms with E-state index < -0.39 is 10.0 Å². The van der Waals surface area contributed by atoms with Gasteiger partial charge in [-0.3, -0.25) is 4.72 Å². The molecule has 0 saturated carbocycles. The molecule has 27 heavy (non-hydrogen) atoms. The number of nitrogens with zero attached hydrogens (tertiary/aromatic N) is 1. The van der Waals surface area contributed by atoms with Gasteiger partial charge in [0.15, 0.2) is 0 Å². The van der Waals surface area contributed by atoms with E-state index >= 15 is 0 Å². The second-order valence-electron chi connectivity index (χ2n) is 5.69. The zero-order chi connectivity index (χ0) is 19.9. The van der Waals surface area contributed by atoms with E-state index in [0.29, 0.717) is 36.8 Å². The highest BCUT2D eigenvalue weighted by molar-refractivity contribution is 7.92. The van der Waals surface area contributed by atoms with Crippen molar-refractivity contribution in [3.8, 4) is 5.75 Å². The van der Waals surface area contributed by atoms with Crippen molar-refractivity contribution < 1.29 is 17.9 Å². The third-order valence-electron chi connectivity index (χ3n) is 3.88. The van der Waals surface area contributed by atoms with Crippen LogP contribution in [-0.2, 0) is 10.0 Å². The van der Waals surface area contributed by atoms with E-state index in [1.165, 1.54) is 12.1 Å². The van der Waals surface area contributed by atoms with Crippen LogP contribution in [0, 0.1) is 0 Å². The van der Waals surface area contributed by atoms with Crippen LogP contribution in [-0.4, -0.2) is 39.0 Å². The van der Waals surface area contributed by atoms with Crippen LogP contribution < -0.4 is 14.8 Å². The van der Waals surface area contributed by atoms with E-state index in [1.807, 2.05) is 20.8 Å². The molecule has 7 nitrogen and oxygen atoms in total. The van der Waals surface area contributed by atoms with E-state index in [4.69, 9.17) is 4.74 Å². The normalized spacial score (nSPS) is 10.9. The van der Waals surface area contributed by atoms with Gasteiger partial charge in [0.05, 0.1) is 11.5 Å². The lowest BCUT2D eigenvalue weighted by molar-refractivity contribution is 0.217. The molecule has 0 unspecified atom stereocenters. The van der Waals surface area contributed by atoms with Crippen molar-refractivity contribution >= 4 is 27.4 Å². The lowest BCUT2D eigenvalue weighted by atomic mass is 10.3. The van der Waals surface area contributed by atoms with E-state index in [1.54, 1.807) is 41.3 Å². The number of carbonyl (C=O) groups excluding carboxylic acids is 1. The molecule has 0 fully saturated rings. The molecule has 0 aliphatic rings. The highest BCUT2D eigenvalue weighted by Crippen LogP contribution is 2.21. The molecule has 0 saturated heterocycles. The average molecular weight is 391 g/mol. The first kappa shape index (κ1) is 20.6. The summed E-state index contributed by atoms with van der Waals surface area (Å²) in [6.45, 7) is 7.41. The third kappa shape index (κ3) is 5.62. The average Bonchev–Trinajstić information content (AvgIpc) is 2.65. The minimum atomic E-state index is -3.72. The minimum absolute atomic E-state index is 0.109. The molecule has 0 aliphatic heterocycles. The second kappa shape index (κ2) is 9.27. The summed E-state index contributed by atoms with van der Waals surface area (Å²) in [6.07, 6.45) is 0. The molecule has 2 rings (SSSR count). The lowest BCUT2D eigenvalue weighted by Gasteiger charge is -2.19. The van der Waals surface area contributed by atoms with Crippen LogP contribution in [0.4, 0.5) is 16.2 Å². The van der Waals surface area contributed by atoms with Gasteiger partial charge in [-0.15, -0.1) is 0 Å². The summed E-state index contributed by atoms with van der Waals surface area (Å²) < 4.78 is 32.9. The van der Waals surface area contributed by atoms with Crippen molar-refractivity contribution in [1.82, 2.24) is 4.90 Å². The number of ether oxygens (including phenoxy) is 1. The van der Waals surface area contributed by atoms with Crippen LogP contribution in [0.15, 0.2) is 53.4 Å². The fourth-order valence-corrected chi connectivity index (χ4v) is 3.49. The molecular formula is C19H25N3O4S. The predicted molar refractivity (Wildman–Crippen MR) is 107 cm³/mol. The predicted octanol–water partition coefficient (Wildman–Crippen LogP) is 3.76. The Labute approximate surface area is 160 Å². The Kier molecular flexibility index (Phi) is 7.06. The smallest absolute Gasteiger partial charge is 0.321 e. The standard InChI is InChI=1S/C19H25N3O4S/c1-4-22(5-2)19(23)20-15-9-13-18(14-10-15)27(24,25)21-16-7-11-17(12-8-16)26-6-3/h7-14,21H,4-6H2,1-3H3,(H,20,23). The largest absolute Gasteiger partial charge is 0.494 e. The number of amides is 2. The van der Waals surface area contributed by atoms with Gasteiger partial charge in [-0.1, -0.05) is 0 Å². The van der Waals surface area contributed by atoms with Gasteiger partial charge in [-0.25, -0.2) is 13.2 Å². The molecule has 0 aliphatic carbocycles. The second-order valence-corrected chi connectivity index (χ2v) is 7.37. The van der Waals surface area contributed by atoms with Crippen molar-refractivity contribution in [2.24, 2.45) is 0 Å². The van der Waals surface area contributed by atoms with Crippen LogP contribution in [0.1, 0.15) is 20.8 Å². The molecule has 0 atom stereocenters. The van der Waals surface area contributed by atoms with E-state index in [0.717, 1.165) is 0 Å². The van der Waals surface area contributed by atoms with Gasteiger partial charge >= 0.3 is 6.03 Å². The van der Waals surface area contributed by atoms with Crippen LogP contribution in [0.25, 0.3) is 0 Å². The summed E-state index contributed by atoms with van der Waals surface area (Å²) in [6, 6.07) is 12.5. The molecule has 0 radical (unpaired) electrons. The van der Waals surface area contributed by atoms with Gasteiger partial charge in [-0.05, 0) is 69.3 Å². The fraction of sp³-hybridized carbons (Fsp3) is 0.316. The number of benzene rings is 2. The molecule has 0 aromatic heterocycles. The number of rotatable bonds is 8. The van der Waals surface area contributed by atoms with E-state index in [-0.39, 0.29) is 10.9 Å². The van der Waals surface area contributed by atoms with Crippen LogP contribution in [0.3, 0.4) is 0 Å². The van der Waals surface area contributed by atoms with Crippen molar-refractivity contribution in [2.75, 3.05) is 29.7 Å². The molecule has 0 bridgehead atoms. The fourth-order valence-electron chi connectivity index (χ4n) is 2.43. The van der Waals surface area contributed by atoms with Crippen LogP contribution in [0.2, 0.25) is 0 Å². The molecular weight excluding hydrogens is 366 g/mol. The molecule has 2 amide bonds. The maximum absolute atomic E-state index is 12.5. The molecule has 0 heterocycles. The maximum Gasteiger partial charge on any atom is 0.321 e. The Morgan fingerprint density at radius 1 is 0.926 bits per heavy atom. The molecule has 2 aromatic rings. The number of hydrogen-bond acceptors (Lipinski definition) is 4. The number of urea groups is 1. The number of carbonyl (C=O) groups is 1. The van der Waals surface area contributed by atoms with Gasteiger partial charge in [0, 0.05) is 24.5 Å². The number of hydrogen-bond donors (Lipinski definition) is 2. The first-order valence-corrected chi connectivity index (χ1v) is 10.3. The molecule has 8 heteroatoms. The molecule has 0 spiro atoms.